The number of amides is 3. The van der Waals surface area contributed by atoms with E-state index in [1.54, 1.807) is 48.9 Å². The van der Waals surface area contributed by atoms with Crippen molar-refractivity contribution in [2.45, 2.75) is 36.7 Å². The summed E-state index contributed by atoms with van der Waals surface area (Å²) in [6, 6.07) is 13.1. The summed E-state index contributed by atoms with van der Waals surface area (Å²) in [5.74, 6) is -1.67. The van der Waals surface area contributed by atoms with Gasteiger partial charge in [0.1, 0.15) is 6.04 Å². The fraction of sp³-hybridized carbons (Fsp3) is 0.375. The highest BCUT2D eigenvalue weighted by Gasteiger charge is 2.41. The van der Waals surface area contributed by atoms with Crippen LogP contribution in [0.15, 0.2) is 59.5 Å². The first-order valence-corrected chi connectivity index (χ1v) is 13.1. The van der Waals surface area contributed by atoms with Crippen LogP contribution in [0.2, 0.25) is 5.02 Å². The average molecular weight is 537 g/mol. The number of sulfonamides is 1. The summed E-state index contributed by atoms with van der Waals surface area (Å²) in [5.41, 5.74) is 2.34. The molecule has 36 heavy (non-hydrogen) atoms. The molecule has 0 bridgehead atoms. The first-order valence-electron chi connectivity index (χ1n) is 11.3. The Hall–Kier alpha value is -2.99. The summed E-state index contributed by atoms with van der Waals surface area (Å²) < 4.78 is 28.1. The van der Waals surface area contributed by atoms with Gasteiger partial charge in [0.2, 0.25) is 27.7 Å². The van der Waals surface area contributed by atoms with Gasteiger partial charge in [-0.15, -0.1) is 0 Å². The minimum Gasteiger partial charge on any atom is -0.342 e. The molecule has 0 radical (unpaired) electrons. The van der Waals surface area contributed by atoms with Gasteiger partial charge in [-0.25, -0.2) is 13.9 Å². The largest absolute Gasteiger partial charge is 0.342 e. The molecule has 2 aromatic carbocycles. The van der Waals surface area contributed by atoms with Gasteiger partial charge < -0.3 is 9.80 Å². The summed E-state index contributed by atoms with van der Waals surface area (Å²) in [7, 11) is -2.51. The third kappa shape index (κ3) is 6.41. The van der Waals surface area contributed by atoms with E-state index in [0.717, 1.165) is 9.87 Å². The van der Waals surface area contributed by atoms with E-state index in [2.05, 4.69) is 0 Å². The molecule has 1 aliphatic rings. The monoisotopic (exact) mass is 536 g/mol. The summed E-state index contributed by atoms with van der Waals surface area (Å²) >= 11 is 6.06. The Kier molecular flexibility index (Phi) is 9.07. The van der Waals surface area contributed by atoms with Gasteiger partial charge in [0.15, 0.2) is 0 Å². The van der Waals surface area contributed by atoms with Crippen LogP contribution in [0.3, 0.4) is 0 Å². The van der Waals surface area contributed by atoms with Gasteiger partial charge in [-0.05, 0) is 43.2 Å². The zero-order chi connectivity index (χ0) is 26.5. The second-order valence-corrected chi connectivity index (χ2v) is 11.0. The molecule has 0 aromatic heterocycles. The lowest BCUT2D eigenvalue weighted by atomic mass is 10.0. The van der Waals surface area contributed by atoms with Crippen molar-refractivity contribution in [1.82, 2.24) is 19.6 Å². The lowest BCUT2D eigenvalue weighted by molar-refractivity contribution is -0.155. The van der Waals surface area contributed by atoms with Gasteiger partial charge in [-0.1, -0.05) is 41.9 Å². The quantitative estimate of drug-likeness (QED) is 0.369. The second kappa shape index (κ2) is 11.8. The van der Waals surface area contributed by atoms with Crippen molar-refractivity contribution >= 4 is 39.3 Å². The topological polar surface area (TPSA) is 127 Å². The molecule has 2 aromatic rings. The molecule has 0 aliphatic carbocycles. The fourth-order valence-corrected chi connectivity index (χ4v) is 5.92. The Morgan fingerprint density at radius 2 is 1.86 bits per heavy atom. The minimum absolute atomic E-state index is 0.0127. The molecule has 1 heterocycles. The van der Waals surface area contributed by atoms with Crippen molar-refractivity contribution in [1.29, 1.82) is 0 Å². The number of carbonyl (C=O) groups excluding carboxylic acids is 3. The Bertz CT molecular complexity index is 1210. The van der Waals surface area contributed by atoms with E-state index in [-0.39, 0.29) is 30.3 Å². The second-order valence-electron chi connectivity index (χ2n) is 8.62. The van der Waals surface area contributed by atoms with E-state index in [9.17, 15) is 22.8 Å². The number of hydroxylamine groups is 1. The van der Waals surface area contributed by atoms with Crippen LogP contribution >= 0.6 is 11.6 Å². The van der Waals surface area contributed by atoms with Crippen molar-refractivity contribution in [2.24, 2.45) is 0 Å². The molecular formula is C24H29ClN4O6S. The number of nitrogens with zero attached hydrogens (tertiary/aromatic N) is 3. The molecule has 3 rings (SSSR count). The van der Waals surface area contributed by atoms with Gasteiger partial charge >= 0.3 is 0 Å². The maximum atomic E-state index is 13.5. The summed E-state index contributed by atoms with van der Waals surface area (Å²) in [6.07, 6.45) is 0.0472. The highest BCUT2D eigenvalue weighted by Crippen LogP contribution is 2.22. The standard InChI is InChI=1S/C24H29ClN4O6S/c1-17-24(32)27(2)15-20(14-22(30)26-33)29(17)23(31)16-28(12-11-18-7-6-8-19(25)13-18)36(34,35)21-9-4-3-5-10-21/h3-10,13,17,20,33H,11-12,14-16H2,1-2H3,(H,26,30)/t17-,20?/m0/s1. The Balaban J connectivity index is 1.91. The number of piperazine rings is 1. The number of rotatable bonds is 9. The van der Waals surface area contributed by atoms with Crippen molar-refractivity contribution in [3.63, 3.8) is 0 Å². The average Bonchev–Trinajstić information content (AvgIpc) is 2.85. The SMILES string of the molecule is C[C@H]1C(=O)N(C)CC(CC(=O)NO)N1C(=O)CN(CCc1cccc(Cl)c1)S(=O)(=O)c1ccccc1. The molecule has 12 heteroatoms. The van der Waals surface area contributed by atoms with Crippen LogP contribution in [0.4, 0.5) is 0 Å². The molecule has 194 valence electrons. The number of halogens is 1. The lowest BCUT2D eigenvalue weighted by Gasteiger charge is -2.44. The molecule has 1 saturated heterocycles. The van der Waals surface area contributed by atoms with Crippen LogP contribution in [0, 0.1) is 0 Å². The Morgan fingerprint density at radius 3 is 2.50 bits per heavy atom. The van der Waals surface area contributed by atoms with Crippen LogP contribution in [0.5, 0.6) is 0 Å². The molecule has 1 fully saturated rings. The third-order valence-electron chi connectivity index (χ3n) is 6.09. The van der Waals surface area contributed by atoms with Gasteiger partial charge in [-0.3, -0.25) is 19.6 Å². The smallest absolute Gasteiger partial charge is 0.245 e. The number of carbonyl (C=O) groups is 3. The first-order chi connectivity index (χ1) is 17.0. The molecule has 2 N–H and O–H groups in total. The molecule has 10 nitrogen and oxygen atoms in total. The van der Waals surface area contributed by atoms with Gasteiger partial charge in [0, 0.05) is 25.2 Å². The van der Waals surface area contributed by atoms with E-state index in [0.29, 0.717) is 11.4 Å². The fourth-order valence-electron chi connectivity index (χ4n) is 4.29. The maximum Gasteiger partial charge on any atom is 0.245 e. The molecule has 0 spiro atoms. The zero-order valence-electron chi connectivity index (χ0n) is 20.0. The van der Waals surface area contributed by atoms with E-state index < -0.39 is 40.5 Å². The number of hydrogen-bond acceptors (Lipinski definition) is 6. The number of likely N-dealkylation sites (N-methyl/N-ethyl adjacent to an activating group) is 1. The maximum absolute atomic E-state index is 13.5. The van der Waals surface area contributed by atoms with E-state index in [1.165, 1.54) is 28.9 Å². The molecule has 3 amide bonds. The predicted molar refractivity (Wildman–Crippen MR) is 133 cm³/mol. The minimum atomic E-state index is -4.06. The highest BCUT2D eigenvalue weighted by molar-refractivity contribution is 7.89. The van der Waals surface area contributed by atoms with Crippen LogP contribution < -0.4 is 5.48 Å². The molecule has 2 atom stereocenters. The number of nitrogens with one attached hydrogen (secondary N) is 1. The molecule has 1 aliphatic heterocycles. The van der Waals surface area contributed by atoms with Crippen molar-refractivity contribution in [2.75, 3.05) is 26.7 Å². The van der Waals surface area contributed by atoms with Crippen LogP contribution in [-0.4, -0.2) is 84.2 Å². The van der Waals surface area contributed by atoms with Crippen molar-refractivity contribution < 1.29 is 28.0 Å². The molecular weight excluding hydrogens is 508 g/mol. The van der Waals surface area contributed by atoms with Gasteiger partial charge in [0.05, 0.1) is 23.9 Å². The first kappa shape index (κ1) is 27.6. The predicted octanol–water partition coefficient (Wildman–Crippen LogP) is 1.53. The van der Waals surface area contributed by atoms with Crippen LogP contribution in [0.1, 0.15) is 18.9 Å². The van der Waals surface area contributed by atoms with Crippen molar-refractivity contribution in [3.05, 3.63) is 65.2 Å². The Labute approximate surface area is 215 Å². The third-order valence-corrected chi connectivity index (χ3v) is 8.19. The van der Waals surface area contributed by atoms with Crippen LogP contribution in [-0.2, 0) is 30.8 Å². The van der Waals surface area contributed by atoms with Crippen LogP contribution in [0.25, 0.3) is 0 Å². The highest BCUT2D eigenvalue weighted by atomic mass is 35.5. The summed E-state index contributed by atoms with van der Waals surface area (Å²) in [4.78, 5) is 40.7. The normalized spacial score (nSPS) is 18.4. The van der Waals surface area contributed by atoms with E-state index in [4.69, 9.17) is 16.8 Å². The number of benzene rings is 2. The summed E-state index contributed by atoms with van der Waals surface area (Å²) in [5, 5.41) is 9.48. The van der Waals surface area contributed by atoms with Gasteiger partial charge in [-0.2, -0.15) is 4.31 Å². The zero-order valence-corrected chi connectivity index (χ0v) is 21.6. The van der Waals surface area contributed by atoms with E-state index >= 15 is 0 Å². The Morgan fingerprint density at radius 1 is 1.17 bits per heavy atom. The number of hydrogen-bond donors (Lipinski definition) is 2. The molecule has 0 saturated carbocycles. The van der Waals surface area contributed by atoms with E-state index in [1.807, 2.05) is 6.07 Å². The summed E-state index contributed by atoms with van der Waals surface area (Å²) in [6.45, 7) is 1.05. The molecule has 1 unspecified atom stereocenters. The van der Waals surface area contributed by atoms with Gasteiger partial charge in [0.25, 0.3) is 0 Å². The lowest BCUT2D eigenvalue weighted by Crippen LogP contribution is -2.63. The van der Waals surface area contributed by atoms with Crippen molar-refractivity contribution in [3.8, 4) is 0 Å².